The second-order valence-electron chi connectivity index (χ2n) is 7.08. The van der Waals surface area contributed by atoms with Gasteiger partial charge in [0.25, 0.3) is 11.5 Å². The van der Waals surface area contributed by atoms with Crippen molar-refractivity contribution in [1.82, 2.24) is 9.55 Å². The normalized spacial score (nSPS) is 10.8. The number of aromatic nitrogens is 2. The standard InChI is InChI=1S/C23H26N4O5/c1-31-13-12-26(19(28)16-32-15-18-10-6-3-7-11-18)20-21(24)27(23(30)25-22(20)29)14-17-8-4-2-5-9-17/h2-11H,12-16,24H2,1H3,(H,25,29,30). The van der Waals surface area contributed by atoms with Crippen LogP contribution in [0.3, 0.4) is 0 Å². The molecule has 0 aliphatic heterocycles. The van der Waals surface area contributed by atoms with Crippen LogP contribution in [0.15, 0.2) is 70.3 Å². The number of nitrogen functional groups attached to an aromatic ring is 1. The summed E-state index contributed by atoms with van der Waals surface area (Å²) in [4.78, 5) is 41.5. The summed E-state index contributed by atoms with van der Waals surface area (Å²) in [6.45, 7) is 0.355. The monoisotopic (exact) mass is 438 g/mol. The van der Waals surface area contributed by atoms with Crippen molar-refractivity contribution in [3.63, 3.8) is 0 Å². The maximum Gasteiger partial charge on any atom is 0.330 e. The third-order valence-electron chi connectivity index (χ3n) is 4.82. The zero-order valence-corrected chi connectivity index (χ0v) is 17.8. The lowest BCUT2D eigenvalue weighted by Crippen LogP contribution is -2.44. The first-order valence-electron chi connectivity index (χ1n) is 10.1. The minimum absolute atomic E-state index is 0.0703. The molecule has 2 aromatic carbocycles. The largest absolute Gasteiger partial charge is 0.383 e. The summed E-state index contributed by atoms with van der Waals surface area (Å²) < 4.78 is 11.9. The Hall–Kier alpha value is -3.69. The molecule has 1 aromatic heterocycles. The number of anilines is 2. The number of ether oxygens (including phenoxy) is 2. The Morgan fingerprint density at radius 3 is 2.28 bits per heavy atom. The first-order chi connectivity index (χ1) is 15.5. The molecule has 3 aromatic rings. The number of nitrogens with one attached hydrogen (secondary N) is 1. The van der Waals surface area contributed by atoms with Crippen molar-refractivity contribution in [2.75, 3.05) is 37.5 Å². The molecule has 3 N–H and O–H groups in total. The van der Waals surface area contributed by atoms with Crippen molar-refractivity contribution in [2.45, 2.75) is 13.2 Å². The zero-order valence-electron chi connectivity index (χ0n) is 17.8. The first kappa shape index (κ1) is 23.0. The molecule has 1 amide bonds. The van der Waals surface area contributed by atoms with Crippen LogP contribution in [0.2, 0.25) is 0 Å². The van der Waals surface area contributed by atoms with Gasteiger partial charge in [-0.2, -0.15) is 0 Å². The Kier molecular flexibility index (Phi) is 7.96. The molecule has 168 valence electrons. The van der Waals surface area contributed by atoms with Crippen molar-refractivity contribution in [2.24, 2.45) is 0 Å². The van der Waals surface area contributed by atoms with E-state index in [2.05, 4.69) is 4.98 Å². The molecular formula is C23H26N4O5. The lowest BCUT2D eigenvalue weighted by Gasteiger charge is -2.24. The molecule has 0 atom stereocenters. The van der Waals surface area contributed by atoms with Crippen LogP contribution in [0.5, 0.6) is 0 Å². The second-order valence-corrected chi connectivity index (χ2v) is 7.08. The van der Waals surface area contributed by atoms with Gasteiger partial charge in [0.2, 0.25) is 0 Å². The fourth-order valence-electron chi connectivity index (χ4n) is 3.21. The number of methoxy groups -OCH3 is 1. The molecule has 0 saturated carbocycles. The van der Waals surface area contributed by atoms with Crippen LogP contribution in [0.25, 0.3) is 0 Å². The minimum atomic E-state index is -0.746. The fraction of sp³-hybridized carbons (Fsp3) is 0.261. The van der Waals surface area contributed by atoms with E-state index in [1.165, 1.54) is 16.6 Å². The van der Waals surface area contributed by atoms with Gasteiger partial charge >= 0.3 is 5.69 Å². The van der Waals surface area contributed by atoms with Crippen molar-refractivity contribution >= 4 is 17.4 Å². The van der Waals surface area contributed by atoms with Gasteiger partial charge in [0.05, 0.1) is 19.8 Å². The Balaban J connectivity index is 1.87. The zero-order chi connectivity index (χ0) is 22.9. The number of rotatable bonds is 10. The molecule has 0 saturated heterocycles. The highest BCUT2D eigenvalue weighted by Crippen LogP contribution is 2.18. The van der Waals surface area contributed by atoms with Gasteiger partial charge in [-0.05, 0) is 11.1 Å². The molecule has 0 fully saturated rings. The van der Waals surface area contributed by atoms with Gasteiger partial charge in [-0.3, -0.25) is 19.1 Å². The number of nitrogens with zero attached hydrogens (tertiary/aromatic N) is 2. The summed E-state index contributed by atoms with van der Waals surface area (Å²) >= 11 is 0. The molecule has 0 bridgehead atoms. The van der Waals surface area contributed by atoms with E-state index in [1.54, 1.807) is 0 Å². The Bertz CT molecular complexity index is 1140. The Labute approximate surface area is 185 Å². The number of hydrogen-bond donors (Lipinski definition) is 2. The van der Waals surface area contributed by atoms with Crippen LogP contribution in [0.4, 0.5) is 11.5 Å². The van der Waals surface area contributed by atoms with Crippen LogP contribution in [0.1, 0.15) is 11.1 Å². The summed E-state index contributed by atoms with van der Waals surface area (Å²) in [5, 5.41) is 0. The van der Waals surface area contributed by atoms with E-state index in [0.717, 1.165) is 11.1 Å². The highest BCUT2D eigenvalue weighted by Gasteiger charge is 2.24. The van der Waals surface area contributed by atoms with Crippen LogP contribution >= 0.6 is 0 Å². The number of carbonyl (C=O) groups is 1. The summed E-state index contributed by atoms with van der Waals surface area (Å²) in [5.41, 5.74) is 6.46. The lowest BCUT2D eigenvalue weighted by atomic mass is 10.2. The van der Waals surface area contributed by atoms with Gasteiger partial charge in [0, 0.05) is 13.7 Å². The molecule has 0 spiro atoms. The van der Waals surface area contributed by atoms with Gasteiger partial charge in [-0.25, -0.2) is 4.79 Å². The van der Waals surface area contributed by atoms with Crippen LogP contribution in [-0.2, 0) is 27.4 Å². The molecule has 9 heteroatoms. The predicted molar refractivity (Wildman–Crippen MR) is 122 cm³/mol. The third-order valence-corrected chi connectivity index (χ3v) is 4.82. The van der Waals surface area contributed by atoms with E-state index in [9.17, 15) is 14.4 Å². The smallest absolute Gasteiger partial charge is 0.330 e. The summed E-state index contributed by atoms with van der Waals surface area (Å²) in [6, 6.07) is 18.6. The van der Waals surface area contributed by atoms with Crippen molar-refractivity contribution < 1.29 is 14.3 Å². The number of nitrogens with two attached hydrogens (primary N) is 1. The first-order valence-corrected chi connectivity index (χ1v) is 10.1. The van der Waals surface area contributed by atoms with Gasteiger partial charge in [0.15, 0.2) is 5.69 Å². The summed E-state index contributed by atoms with van der Waals surface area (Å²) in [5.74, 6) is -0.574. The molecule has 0 aliphatic rings. The molecule has 1 heterocycles. The van der Waals surface area contributed by atoms with Crippen molar-refractivity contribution in [1.29, 1.82) is 0 Å². The van der Waals surface area contributed by atoms with Crippen LogP contribution < -0.4 is 21.9 Å². The lowest BCUT2D eigenvalue weighted by molar-refractivity contribution is -0.123. The summed E-state index contributed by atoms with van der Waals surface area (Å²) in [7, 11) is 1.48. The average Bonchev–Trinajstić information content (AvgIpc) is 2.80. The van der Waals surface area contributed by atoms with Crippen LogP contribution in [-0.4, -0.2) is 42.3 Å². The quantitative estimate of drug-likeness (QED) is 0.493. The number of carbonyl (C=O) groups excluding carboxylic acids is 1. The molecule has 0 unspecified atom stereocenters. The van der Waals surface area contributed by atoms with E-state index >= 15 is 0 Å². The predicted octanol–water partition coefficient (Wildman–Crippen LogP) is 1.36. The summed E-state index contributed by atoms with van der Waals surface area (Å²) in [6.07, 6.45) is 0. The molecule has 0 radical (unpaired) electrons. The van der Waals surface area contributed by atoms with E-state index in [-0.39, 0.29) is 44.4 Å². The maximum absolute atomic E-state index is 12.9. The SMILES string of the molecule is COCCN(C(=O)COCc1ccccc1)c1c(N)n(Cc2ccccc2)c(=O)[nH]c1=O. The van der Waals surface area contributed by atoms with Gasteiger partial charge in [-0.15, -0.1) is 0 Å². The second kappa shape index (κ2) is 11.1. The third kappa shape index (κ3) is 5.71. The highest BCUT2D eigenvalue weighted by atomic mass is 16.5. The number of H-pyrrole nitrogens is 1. The van der Waals surface area contributed by atoms with Crippen molar-refractivity contribution in [3.05, 3.63) is 92.6 Å². The molecule has 0 aliphatic carbocycles. The maximum atomic E-state index is 12.9. The van der Waals surface area contributed by atoms with E-state index in [4.69, 9.17) is 15.2 Å². The Morgan fingerprint density at radius 1 is 1.03 bits per heavy atom. The van der Waals surface area contributed by atoms with Gasteiger partial charge in [-0.1, -0.05) is 60.7 Å². The molecule has 9 nitrogen and oxygen atoms in total. The highest BCUT2D eigenvalue weighted by molar-refractivity contribution is 5.96. The topological polar surface area (TPSA) is 120 Å². The fourth-order valence-corrected chi connectivity index (χ4v) is 3.21. The van der Waals surface area contributed by atoms with E-state index in [0.29, 0.717) is 0 Å². The van der Waals surface area contributed by atoms with E-state index < -0.39 is 17.2 Å². The number of amides is 1. The number of aromatic amines is 1. The van der Waals surface area contributed by atoms with E-state index in [1.807, 2.05) is 60.7 Å². The number of hydrogen-bond acceptors (Lipinski definition) is 6. The average molecular weight is 438 g/mol. The van der Waals surface area contributed by atoms with Crippen LogP contribution in [0, 0.1) is 0 Å². The number of benzene rings is 2. The molecule has 3 rings (SSSR count). The van der Waals surface area contributed by atoms with Crippen molar-refractivity contribution in [3.8, 4) is 0 Å². The van der Waals surface area contributed by atoms with Gasteiger partial charge < -0.3 is 20.1 Å². The molecular weight excluding hydrogens is 412 g/mol. The molecule has 32 heavy (non-hydrogen) atoms. The van der Waals surface area contributed by atoms with Gasteiger partial charge in [0.1, 0.15) is 12.4 Å². The minimum Gasteiger partial charge on any atom is -0.383 e. The Morgan fingerprint density at radius 2 is 1.66 bits per heavy atom.